The Labute approximate surface area is 209 Å². The summed E-state index contributed by atoms with van der Waals surface area (Å²) in [7, 11) is -3.80. The fraction of sp³-hybridized carbons (Fsp3) is 0.536. The fourth-order valence-corrected chi connectivity index (χ4v) is 7.60. The molecule has 1 saturated carbocycles. The molecule has 2 atom stereocenters. The number of sulfone groups is 1. The largest absolute Gasteiger partial charge is 0.326 e. The predicted octanol–water partition coefficient (Wildman–Crippen LogP) is 5.76. The summed E-state index contributed by atoms with van der Waals surface area (Å²) in [6.45, 7) is 6.40. The van der Waals surface area contributed by atoms with E-state index in [1.807, 2.05) is 13.8 Å². The molecule has 1 radical (unpaired) electrons. The van der Waals surface area contributed by atoms with E-state index in [4.69, 9.17) is 5.73 Å². The van der Waals surface area contributed by atoms with Crippen molar-refractivity contribution < 1.29 is 17.2 Å². The van der Waals surface area contributed by atoms with Crippen LogP contribution in [-0.4, -0.2) is 26.3 Å². The minimum Gasteiger partial charge on any atom is -0.326 e. The van der Waals surface area contributed by atoms with Gasteiger partial charge in [0.2, 0.25) is 0 Å². The van der Waals surface area contributed by atoms with Gasteiger partial charge >= 0.3 is 0 Å². The Morgan fingerprint density at radius 1 is 1.03 bits per heavy atom. The van der Waals surface area contributed by atoms with Gasteiger partial charge in [0.15, 0.2) is 9.84 Å². The molecule has 7 heteroatoms. The van der Waals surface area contributed by atoms with Crippen LogP contribution < -0.4 is 11.1 Å². The van der Waals surface area contributed by atoms with Crippen molar-refractivity contribution in [3.63, 3.8) is 0 Å². The van der Waals surface area contributed by atoms with E-state index >= 15 is 0 Å². The zero-order valence-corrected chi connectivity index (χ0v) is 21.9. The molecule has 2 aromatic carbocycles. The molecule has 0 aliphatic heterocycles. The van der Waals surface area contributed by atoms with Gasteiger partial charge in [0, 0.05) is 24.2 Å². The maximum Gasteiger partial charge on any atom is 0.161 e. The zero-order valence-electron chi connectivity index (χ0n) is 21.1. The molecule has 2 aromatic rings. The Balaban J connectivity index is 1.82. The van der Waals surface area contributed by atoms with Gasteiger partial charge < -0.3 is 11.1 Å². The van der Waals surface area contributed by atoms with Gasteiger partial charge in [0.05, 0.1) is 5.25 Å². The van der Waals surface area contributed by atoms with Crippen molar-refractivity contribution in [3.8, 4) is 0 Å². The van der Waals surface area contributed by atoms with Gasteiger partial charge in [-0.2, -0.15) is 0 Å². The molecule has 35 heavy (non-hydrogen) atoms. The van der Waals surface area contributed by atoms with Gasteiger partial charge in [-0.05, 0) is 67.3 Å². The monoisotopic (exact) mass is 505 g/mol. The summed E-state index contributed by atoms with van der Waals surface area (Å²) in [4.78, 5) is 0. The minimum absolute atomic E-state index is 0.0697. The molecule has 1 aliphatic carbocycles. The molecule has 3 N–H and O–H groups in total. The van der Waals surface area contributed by atoms with E-state index in [0.717, 1.165) is 37.5 Å². The first kappa shape index (κ1) is 27.8. The SMILES string of the molecule is CCCC(CCC)S(=O)(=O)C(c1cc(F)cc(F)c1)[C@@H](N)[CH]CNC1(c2cccc(CC)c2)CC1. The first-order valence-corrected chi connectivity index (χ1v) is 14.4. The highest BCUT2D eigenvalue weighted by molar-refractivity contribution is 7.92. The molecule has 0 aromatic heterocycles. The maximum atomic E-state index is 14.1. The van der Waals surface area contributed by atoms with Crippen LogP contribution in [-0.2, 0) is 21.8 Å². The summed E-state index contributed by atoms with van der Waals surface area (Å²) >= 11 is 0. The summed E-state index contributed by atoms with van der Waals surface area (Å²) in [6.07, 6.45) is 7.08. The summed E-state index contributed by atoms with van der Waals surface area (Å²) in [5.74, 6) is -1.61. The van der Waals surface area contributed by atoms with E-state index < -0.39 is 38.0 Å². The van der Waals surface area contributed by atoms with E-state index in [1.54, 1.807) is 6.42 Å². The van der Waals surface area contributed by atoms with E-state index in [1.165, 1.54) is 11.1 Å². The number of nitrogens with one attached hydrogen (secondary N) is 1. The van der Waals surface area contributed by atoms with Crippen molar-refractivity contribution in [2.24, 2.45) is 5.73 Å². The van der Waals surface area contributed by atoms with Gasteiger partial charge in [-0.15, -0.1) is 0 Å². The van der Waals surface area contributed by atoms with E-state index in [-0.39, 0.29) is 11.1 Å². The van der Waals surface area contributed by atoms with E-state index in [0.29, 0.717) is 32.2 Å². The van der Waals surface area contributed by atoms with E-state index in [2.05, 4.69) is 36.5 Å². The van der Waals surface area contributed by atoms with Gasteiger partial charge in [-0.1, -0.05) is 57.9 Å². The molecule has 0 saturated heterocycles. The Kier molecular flexibility index (Phi) is 9.47. The smallest absolute Gasteiger partial charge is 0.161 e. The van der Waals surface area contributed by atoms with Crippen molar-refractivity contribution >= 4 is 9.84 Å². The van der Waals surface area contributed by atoms with Crippen LogP contribution in [0.1, 0.15) is 81.2 Å². The summed E-state index contributed by atoms with van der Waals surface area (Å²) in [5, 5.41) is 1.73. The standard InChI is InChI=1S/C28H39F2N2O2S/c1-4-8-25(9-5-2)35(33,34)27(21-17-23(29)19-24(30)18-21)26(31)12-15-32-28(13-14-28)22-11-7-10-20(6-3)16-22/h7,10-12,16-19,25-27,32H,4-6,8-9,13-15,31H2,1-3H3/t26-,27?/m0/s1. The number of hydrogen-bond donors (Lipinski definition) is 2. The van der Waals surface area contributed by atoms with Crippen molar-refractivity contribution in [1.82, 2.24) is 5.32 Å². The van der Waals surface area contributed by atoms with E-state index in [9.17, 15) is 17.2 Å². The number of aryl methyl sites for hydroxylation is 1. The average molecular weight is 506 g/mol. The molecule has 0 bridgehead atoms. The normalized spacial score (nSPS) is 16.9. The second-order valence-corrected chi connectivity index (χ2v) is 12.1. The van der Waals surface area contributed by atoms with Crippen LogP contribution in [0, 0.1) is 18.1 Å². The lowest BCUT2D eigenvalue weighted by Gasteiger charge is -2.29. The second kappa shape index (κ2) is 11.9. The third-order valence-electron chi connectivity index (χ3n) is 7.07. The summed E-state index contributed by atoms with van der Waals surface area (Å²) in [6, 6.07) is 10.5. The molecule has 1 fully saturated rings. The topological polar surface area (TPSA) is 72.2 Å². The molecule has 1 unspecified atom stereocenters. The van der Waals surface area contributed by atoms with Crippen LogP contribution in [0.2, 0.25) is 0 Å². The average Bonchev–Trinajstić information content (AvgIpc) is 3.59. The number of halogens is 2. The van der Waals surface area contributed by atoms with Crippen LogP contribution in [0.5, 0.6) is 0 Å². The first-order chi connectivity index (χ1) is 16.7. The maximum absolute atomic E-state index is 14.1. The summed E-state index contributed by atoms with van der Waals surface area (Å²) < 4.78 is 55.8. The first-order valence-electron chi connectivity index (χ1n) is 12.8. The number of rotatable bonds is 14. The minimum atomic E-state index is -3.80. The fourth-order valence-electron chi connectivity index (χ4n) is 4.99. The van der Waals surface area contributed by atoms with Crippen LogP contribution in [0.25, 0.3) is 0 Å². The van der Waals surface area contributed by atoms with Crippen LogP contribution >= 0.6 is 0 Å². The van der Waals surface area contributed by atoms with Crippen molar-refractivity contribution in [3.05, 3.63) is 77.2 Å². The van der Waals surface area contributed by atoms with Crippen LogP contribution in [0.4, 0.5) is 8.78 Å². The Morgan fingerprint density at radius 2 is 1.66 bits per heavy atom. The molecule has 0 heterocycles. The van der Waals surface area contributed by atoms with Crippen LogP contribution in [0.15, 0.2) is 42.5 Å². The molecular weight excluding hydrogens is 466 g/mol. The second-order valence-electron chi connectivity index (χ2n) is 9.74. The Hall–Kier alpha value is -1.83. The summed E-state index contributed by atoms with van der Waals surface area (Å²) in [5.41, 5.74) is 8.91. The molecular formula is C28H39F2N2O2S. The lowest BCUT2D eigenvalue weighted by atomic mass is 9.99. The molecule has 1 aliphatic rings. The number of hydrogen-bond acceptors (Lipinski definition) is 4. The highest BCUT2D eigenvalue weighted by atomic mass is 32.2. The van der Waals surface area contributed by atoms with Crippen molar-refractivity contribution in [1.29, 1.82) is 0 Å². The highest BCUT2D eigenvalue weighted by Crippen LogP contribution is 2.45. The third-order valence-corrected chi connectivity index (χ3v) is 9.77. The Bertz CT molecular complexity index is 1060. The molecule has 0 amide bonds. The number of benzene rings is 2. The van der Waals surface area contributed by atoms with Crippen molar-refractivity contribution in [2.75, 3.05) is 6.54 Å². The quantitative estimate of drug-likeness (QED) is 0.342. The molecule has 193 valence electrons. The number of nitrogens with two attached hydrogens (primary N) is 1. The van der Waals surface area contributed by atoms with Crippen molar-refractivity contribution in [2.45, 2.75) is 87.8 Å². The van der Waals surface area contributed by atoms with Gasteiger partial charge in [0.25, 0.3) is 0 Å². The lowest BCUT2D eigenvalue weighted by molar-refractivity contribution is 0.508. The van der Waals surface area contributed by atoms with Crippen LogP contribution in [0.3, 0.4) is 0 Å². The molecule has 0 spiro atoms. The molecule has 3 rings (SSSR count). The van der Waals surface area contributed by atoms with Gasteiger partial charge in [0.1, 0.15) is 16.9 Å². The third kappa shape index (κ3) is 6.69. The van der Waals surface area contributed by atoms with Gasteiger partial charge in [-0.25, -0.2) is 17.2 Å². The Morgan fingerprint density at radius 3 is 2.20 bits per heavy atom. The zero-order chi connectivity index (χ0) is 25.6. The highest BCUT2D eigenvalue weighted by Gasteiger charge is 2.44. The molecule has 4 nitrogen and oxygen atoms in total. The predicted molar refractivity (Wildman–Crippen MR) is 139 cm³/mol. The van der Waals surface area contributed by atoms with Gasteiger partial charge in [-0.3, -0.25) is 0 Å². The lowest BCUT2D eigenvalue weighted by Crippen LogP contribution is -2.42.